The Morgan fingerprint density at radius 3 is 2.81 bits per heavy atom. The lowest BCUT2D eigenvalue weighted by Crippen LogP contribution is -2.20. The molecule has 0 aliphatic heterocycles. The van der Waals surface area contributed by atoms with Gasteiger partial charge in [-0.1, -0.05) is 6.07 Å². The molecule has 0 aliphatic carbocycles. The first-order chi connectivity index (χ1) is 10.0. The highest BCUT2D eigenvalue weighted by molar-refractivity contribution is 6.04. The van der Waals surface area contributed by atoms with Crippen LogP contribution in [0.4, 0.5) is 10.1 Å². The van der Waals surface area contributed by atoms with E-state index in [2.05, 4.69) is 10.3 Å². The van der Waals surface area contributed by atoms with E-state index in [1.165, 1.54) is 18.3 Å². The number of halogens is 1. The molecule has 0 aliphatic rings. The van der Waals surface area contributed by atoms with E-state index in [0.717, 1.165) is 6.07 Å². The highest BCUT2D eigenvalue weighted by Crippen LogP contribution is 2.18. The minimum Gasteiger partial charge on any atom is -0.484 e. The number of hydrogen-bond acceptors (Lipinski definition) is 4. The maximum absolute atomic E-state index is 13.0. The second kappa shape index (κ2) is 6.47. The second-order valence-corrected chi connectivity index (χ2v) is 4.10. The van der Waals surface area contributed by atoms with Gasteiger partial charge in [-0.2, -0.15) is 4.39 Å². The average Bonchev–Trinajstić information content (AvgIpc) is 2.45. The Morgan fingerprint density at radius 1 is 1.29 bits per heavy atom. The molecule has 3 N–H and O–H groups in total. The standard InChI is InChI=1S/C14H12FN3O3/c15-12-6-9(4-5-17-12)14(20)18-10-2-1-3-11(7-10)21-8-13(16)19/h1-7H,8H2,(H2,16,19)(H,18,20). The topological polar surface area (TPSA) is 94.3 Å². The van der Waals surface area contributed by atoms with Crippen LogP contribution < -0.4 is 15.8 Å². The molecule has 108 valence electrons. The summed E-state index contributed by atoms with van der Waals surface area (Å²) in [5.41, 5.74) is 5.56. The second-order valence-electron chi connectivity index (χ2n) is 4.10. The van der Waals surface area contributed by atoms with Crippen LogP contribution in [0.2, 0.25) is 0 Å². The van der Waals surface area contributed by atoms with Crippen molar-refractivity contribution in [2.24, 2.45) is 5.73 Å². The largest absolute Gasteiger partial charge is 0.484 e. The fraction of sp³-hybridized carbons (Fsp3) is 0.0714. The Morgan fingerprint density at radius 2 is 2.10 bits per heavy atom. The first-order valence-electron chi connectivity index (χ1n) is 5.98. The van der Waals surface area contributed by atoms with Gasteiger partial charge in [-0.15, -0.1) is 0 Å². The molecule has 7 heteroatoms. The molecule has 0 unspecified atom stereocenters. The number of rotatable bonds is 5. The lowest BCUT2D eigenvalue weighted by molar-refractivity contribution is -0.119. The molecule has 2 amide bonds. The summed E-state index contributed by atoms with van der Waals surface area (Å²) < 4.78 is 18.1. The van der Waals surface area contributed by atoms with E-state index in [1.54, 1.807) is 18.2 Å². The van der Waals surface area contributed by atoms with Crippen molar-refractivity contribution in [2.75, 3.05) is 11.9 Å². The number of hydrogen-bond donors (Lipinski definition) is 2. The molecule has 0 atom stereocenters. The van der Waals surface area contributed by atoms with Crippen molar-refractivity contribution in [1.29, 1.82) is 0 Å². The number of carbonyl (C=O) groups excluding carboxylic acids is 2. The van der Waals surface area contributed by atoms with Gasteiger partial charge in [-0.05, 0) is 18.2 Å². The number of nitrogens with zero attached hydrogens (tertiary/aromatic N) is 1. The van der Waals surface area contributed by atoms with Crippen LogP contribution in [0, 0.1) is 5.95 Å². The Labute approximate surface area is 119 Å². The highest BCUT2D eigenvalue weighted by Gasteiger charge is 2.08. The number of ether oxygens (including phenoxy) is 1. The van der Waals surface area contributed by atoms with Gasteiger partial charge in [-0.3, -0.25) is 9.59 Å². The number of pyridine rings is 1. The van der Waals surface area contributed by atoms with E-state index < -0.39 is 17.8 Å². The van der Waals surface area contributed by atoms with Gasteiger partial charge in [0.2, 0.25) is 5.95 Å². The Balaban J connectivity index is 2.07. The molecule has 0 radical (unpaired) electrons. The van der Waals surface area contributed by atoms with Gasteiger partial charge in [0.05, 0.1) is 0 Å². The van der Waals surface area contributed by atoms with Gasteiger partial charge < -0.3 is 15.8 Å². The Bertz CT molecular complexity index is 676. The average molecular weight is 289 g/mol. The van der Waals surface area contributed by atoms with Crippen LogP contribution in [0.15, 0.2) is 42.6 Å². The van der Waals surface area contributed by atoms with Crippen molar-refractivity contribution in [2.45, 2.75) is 0 Å². The zero-order chi connectivity index (χ0) is 15.2. The van der Waals surface area contributed by atoms with Crippen LogP contribution in [0.5, 0.6) is 5.75 Å². The number of nitrogens with one attached hydrogen (secondary N) is 1. The maximum Gasteiger partial charge on any atom is 0.255 e. The zero-order valence-electron chi connectivity index (χ0n) is 10.9. The number of nitrogens with two attached hydrogens (primary N) is 1. The highest BCUT2D eigenvalue weighted by atomic mass is 19.1. The molecule has 0 spiro atoms. The van der Waals surface area contributed by atoms with Crippen LogP contribution in [0.1, 0.15) is 10.4 Å². The Hall–Kier alpha value is -2.96. The predicted octanol–water partition coefficient (Wildman–Crippen LogP) is 1.34. The molecule has 2 aromatic rings. The van der Waals surface area contributed by atoms with Crippen molar-refractivity contribution in [3.63, 3.8) is 0 Å². The molecule has 0 saturated heterocycles. The van der Waals surface area contributed by atoms with Gasteiger partial charge in [0.1, 0.15) is 5.75 Å². The maximum atomic E-state index is 13.0. The smallest absolute Gasteiger partial charge is 0.255 e. The zero-order valence-corrected chi connectivity index (χ0v) is 10.9. The number of primary amides is 1. The lowest BCUT2D eigenvalue weighted by atomic mass is 10.2. The third-order valence-electron chi connectivity index (χ3n) is 2.46. The molecule has 1 heterocycles. The fourth-order valence-corrected chi connectivity index (χ4v) is 1.57. The van der Waals surface area contributed by atoms with Crippen molar-refractivity contribution in [3.8, 4) is 5.75 Å². The third kappa shape index (κ3) is 4.27. The van der Waals surface area contributed by atoms with E-state index in [0.29, 0.717) is 11.4 Å². The Kier molecular flexibility index (Phi) is 4.45. The molecule has 0 bridgehead atoms. The number of benzene rings is 1. The van der Waals surface area contributed by atoms with Crippen LogP contribution in [-0.2, 0) is 4.79 Å². The summed E-state index contributed by atoms with van der Waals surface area (Å²) in [6.45, 7) is -0.257. The van der Waals surface area contributed by atoms with Crippen molar-refractivity contribution < 1.29 is 18.7 Å². The van der Waals surface area contributed by atoms with Gasteiger partial charge in [0.25, 0.3) is 11.8 Å². The fourth-order valence-electron chi connectivity index (χ4n) is 1.57. The van der Waals surface area contributed by atoms with Gasteiger partial charge in [0, 0.05) is 29.6 Å². The van der Waals surface area contributed by atoms with Crippen LogP contribution in [0.3, 0.4) is 0 Å². The molecule has 1 aromatic carbocycles. The van der Waals surface area contributed by atoms with Crippen LogP contribution in [0.25, 0.3) is 0 Å². The van der Waals surface area contributed by atoms with Crippen molar-refractivity contribution >= 4 is 17.5 Å². The minimum absolute atomic E-state index is 0.144. The lowest BCUT2D eigenvalue weighted by Gasteiger charge is -2.08. The van der Waals surface area contributed by atoms with E-state index in [-0.39, 0.29) is 12.2 Å². The molecule has 1 aromatic heterocycles. The molecular weight excluding hydrogens is 277 g/mol. The van der Waals surface area contributed by atoms with E-state index in [1.807, 2.05) is 0 Å². The van der Waals surface area contributed by atoms with Crippen molar-refractivity contribution in [1.82, 2.24) is 4.98 Å². The summed E-state index contributed by atoms with van der Waals surface area (Å²) in [4.78, 5) is 25.9. The van der Waals surface area contributed by atoms with Crippen LogP contribution in [-0.4, -0.2) is 23.4 Å². The first kappa shape index (κ1) is 14.4. The molecule has 0 saturated carbocycles. The van der Waals surface area contributed by atoms with E-state index in [4.69, 9.17) is 10.5 Å². The number of amides is 2. The monoisotopic (exact) mass is 289 g/mol. The van der Waals surface area contributed by atoms with Gasteiger partial charge in [0.15, 0.2) is 6.61 Å². The number of anilines is 1. The van der Waals surface area contributed by atoms with Gasteiger partial charge >= 0.3 is 0 Å². The van der Waals surface area contributed by atoms with Crippen molar-refractivity contribution in [3.05, 3.63) is 54.1 Å². The summed E-state index contributed by atoms with van der Waals surface area (Å²) in [6, 6.07) is 8.84. The summed E-state index contributed by atoms with van der Waals surface area (Å²) in [5, 5.41) is 2.58. The molecule has 0 fully saturated rings. The predicted molar refractivity (Wildman–Crippen MR) is 73.3 cm³/mol. The SMILES string of the molecule is NC(=O)COc1cccc(NC(=O)c2ccnc(F)c2)c1. The van der Waals surface area contributed by atoms with Crippen LogP contribution >= 0.6 is 0 Å². The molecule has 21 heavy (non-hydrogen) atoms. The third-order valence-corrected chi connectivity index (χ3v) is 2.46. The molecular formula is C14H12FN3O3. The normalized spacial score (nSPS) is 9.95. The first-order valence-corrected chi connectivity index (χ1v) is 5.98. The number of carbonyl (C=O) groups is 2. The van der Waals surface area contributed by atoms with E-state index in [9.17, 15) is 14.0 Å². The number of aromatic nitrogens is 1. The minimum atomic E-state index is -0.735. The molecule has 2 rings (SSSR count). The van der Waals surface area contributed by atoms with Gasteiger partial charge in [-0.25, -0.2) is 4.98 Å². The summed E-state index contributed by atoms with van der Waals surface area (Å²) in [7, 11) is 0. The quantitative estimate of drug-likeness (QED) is 0.812. The summed E-state index contributed by atoms with van der Waals surface area (Å²) in [5.74, 6) is -1.44. The summed E-state index contributed by atoms with van der Waals surface area (Å²) in [6.07, 6.45) is 1.21. The summed E-state index contributed by atoms with van der Waals surface area (Å²) >= 11 is 0. The van der Waals surface area contributed by atoms with E-state index >= 15 is 0 Å². The molecule has 6 nitrogen and oxygen atoms in total.